The first-order valence-electron chi connectivity index (χ1n) is 10.6. The highest BCUT2D eigenvalue weighted by Crippen LogP contribution is 2.38. The topological polar surface area (TPSA) is 40.6 Å². The van der Waals surface area contributed by atoms with Crippen LogP contribution < -0.4 is 0 Å². The Morgan fingerprint density at radius 2 is 1.83 bits per heavy atom. The van der Waals surface area contributed by atoms with Gasteiger partial charge >= 0.3 is 0 Å². The van der Waals surface area contributed by atoms with E-state index >= 15 is 0 Å². The van der Waals surface area contributed by atoms with Crippen molar-refractivity contribution in [3.63, 3.8) is 0 Å². The molecular formula is C24H31FN2O2S. The predicted molar refractivity (Wildman–Crippen MR) is 119 cm³/mol. The molecule has 4 nitrogen and oxygen atoms in total. The van der Waals surface area contributed by atoms with Crippen LogP contribution in [0.3, 0.4) is 0 Å². The molecule has 0 bridgehead atoms. The Balaban J connectivity index is 1.86. The molecule has 0 unspecified atom stereocenters. The van der Waals surface area contributed by atoms with Crippen LogP contribution in [0.1, 0.15) is 56.2 Å². The van der Waals surface area contributed by atoms with Crippen molar-refractivity contribution in [2.24, 2.45) is 11.8 Å². The van der Waals surface area contributed by atoms with E-state index in [1.165, 1.54) is 17.0 Å². The second-order valence-electron chi connectivity index (χ2n) is 8.86. The van der Waals surface area contributed by atoms with Crippen molar-refractivity contribution in [2.75, 3.05) is 19.6 Å². The minimum absolute atomic E-state index is 0.0265. The molecule has 1 atom stereocenters. The summed E-state index contributed by atoms with van der Waals surface area (Å²) < 4.78 is 13.5. The van der Waals surface area contributed by atoms with Gasteiger partial charge in [0.1, 0.15) is 5.82 Å². The zero-order chi connectivity index (χ0) is 21.8. The molecule has 0 saturated carbocycles. The van der Waals surface area contributed by atoms with Crippen LogP contribution in [0.2, 0.25) is 0 Å². The summed E-state index contributed by atoms with van der Waals surface area (Å²) in [5.74, 6) is 0.210. The number of benzene rings is 1. The lowest BCUT2D eigenvalue weighted by Gasteiger charge is -2.38. The van der Waals surface area contributed by atoms with Crippen molar-refractivity contribution in [3.8, 4) is 0 Å². The van der Waals surface area contributed by atoms with Gasteiger partial charge in [-0.25, -0.2) is 4.39 Å². The van der Waals surface area contributed by atoms with Gasteiger partial charge in [0.25, 0.3) is 0 Å². The molecule has 1 aromatic carbocycles. The van der Waals surface area contributed by atoms with Crippen molar-refractivity contribution in [3.05, 3.63) is 57.5 Å². The maximum atomic E-state index is 13.5. The van der Waals surface area contributed by atoms with Crippen molar-refractivity contribution in [1.82, 2.24) is 9.80 Å². The highest BCUT2D eigenvalue weighted by molar-refractivity contribution is 7.10. The Morgan fingerprint density at radius 1 is 1.13 bits per heavy atom. The molecule has 0 spiro atoms. The molecule has 162 valence electrons. The second kappa shape index (κ2) is 9.73. The molecule has 6 heteroatoms. The molecule has 0 N–H and O–H groups in total. The van der Waals surface area contributed by atoms with Crippen LogP contribution in [-0.4, -0.2) is 41.2 Å². The van der Waals surface area contributed by atoms with E-state index in [1.807, 2.05) is 24.1 Å². The number of carbonyl (C=O) groups excluding carboxylic acids is 2. The second-order valence-corrected chi connectivity index (χ2v) is 9.86. The first kappa shape index (κ1) is 22.5. The Hall–Kier alpha value is -2.21. The minimum Gasteiger partial charge on any atom is -0.333 e. The Labute approximate surface area is 182 Å². The van der Waals surface area contributed by atoms with Gasteiger partial charge in [-0.15, -0.1) is 11.3 Å². The van der Waals surface area contributed by atoms with E-state index in [0.29, 0.717) is 19.5 Å². The summed E-state index contributed by atoms with van der Waals surface area (Å²) in [5.41, 5.74) is 2.00. The van der Waals surface area contributed by atoms with Crippen molar-refractivity contribution < 1.29 is 14.0 Å². The van der Waals surface area contributed by atoms with Crippen LogP contribution in [0.15, 0.2) is 35.7 Å². The lowest BCUT2D eigenvalue weighted by Crippen LogP contribution is -2.47. The quantitative estimate of drug-likeness (QED) is 0.627. The summed E-state index contributed by atoms with van der Waals surface area (Å²) in [4.78, 5) is 31.0. The van der Waals surface area contributed by atoms with Gasteiger partial charge < -0.3 is 9.80 Å². The summed E-state index contributed by atoms with van der Waals surface area (Å²) in [6, 6.07) is 8.20. The first-order chi connectivity index (χ1) is 14.3. The number of hydrogen-bond acceptors (Lipinski definition) is 3. The smallest absolute Gasteiger partial charge is 0.242 e. The molecule has 30 heavy (non-hydrogen) atoms. The summed E-state index contributed by atoms with van der Waals surface area (Å²) in [6.45, 7) is 9.39. The van der Waals surface area contributed by atoms with E-state index in [2.05, 4.69) is 19.9 Å². The summed E-state index contributed by atoms with van der Waals surface area (Å²) in [6.07, 6.45) is 1.25. The number of amides is 2. The van der Waals surface area contributed by atoms with Crippen LogP contribution >= 0.6 is 11.3 Å². The minimum atomic E-state index is -0.291. The lowest BCUT2D eigenvalue weighted by molar-refractivity contribution is -0.142. The van der Waals surface area contributed by atoms with E-state index in [-0.39, 0.29) is 42.1 Å². The van der Waals surface area contributed by atoms with E-state index < -0.39 is 0 Å². The van der Waals surface area contributed by atoms with Crippen molar-refractivity contribution in [1.29, 1.82) is 0 Å². The lowest BCUT2D eigenvalue weighted by atomic mass is 9.93. The summed E-state index contributed by atoms with van der Waals surface area (Å²) in [5, 5.41) is 2.05. The van der Waals surface area contributed by atoms with E-state index in [1.54, 1.807) is 28.4 Å². The number of halogens is 1. The number of hydrogen-bond donors (Lipinski definition) is 0. The number of thiophene rings is 1. The highest BCUT2D eigenvalue weighted by atomic mass is 32.1. The third-order valence-corrected chi connectivity index (χ3v) is 6.32. The van der Waals surface area contributed by atoms with Gasteiger partial charge in [-0.3, -0.25) is 9.59 Å². The summed E-state index contributed by atoms with van der Waals surface area (Å²) >= 11 is 1.70. The molecule has 2 aromatic rings. The highest BCUT2D eigenvalue weighted by Gasteiger charge is 2.34. The number of carbonyl (C=O) groups is 2. The van der Waals surface area contributed by atoms with E-state index in [0.717, 1.165) is 17.5 Å². The molecule has 0 saturated heterocycles. The Kier molecular flexibility index (Phi) is 7.29. The number of rotatable bonds is 7. The SMILES string of the molecule is CC(C)CC(=O)N(CC(=O)N1CCc2sccc2[C@@H]1c1ccc(F)cc1)CC(C)C. The van der Waals surface area contributed by atoms with Gasteiger partial charge in [-0.1, -0.05) is 39.8 Å². The Morgan fingerprint density at radius 3 is 2.47 bits per heavy atom. The van der Waals surface area contributed by atoms with Crippen molar-refractivity contribution >= 4 is 23.2 Å². The maximum Gasteiger partial charge on any atom is 0.242 e. The summed E-state index contributed by atoms with van der Waals surface area (Å²) in [7, 11) is 0. The average molecular weight is 431 g/mol. The monoisotopic (exact) mass is 430 g/mol. The molecule has 0 aliphatic carbocycles. The van der Waals surface area contributed by atoms with E-state index in [4.69, 9.17) is 0 Å². The van der Waals surface area contributed by atoms with Gasteiger partial charge in [0.05, 0.1) is 12.6 Å². The molecular weight excluding hydrogens is 399 g/mol. The fourth-order valence-corrected chi connectivity index (χ4v) is 4.92. The van der Waals surface area contributed by atoms with Crippen LogP contribution in [0.4, 0.5) is 4.39 Å². The van der Waals surface area contributed by atoms with E-state index in [9.17, 15) is 14.0 Å². The molecule has 1 aliphatic heterocycles. The zero-order valence-electron chi connectivity index (χ0n) is 18.2. The first-order valence-corrected chi connectivity index (χ1v) is 11.5. The number of fused-ring (bicyclic) bond motifs is 1. The number of nitrogens with zero attached hydrogens (tertiary/aromatic N) is 2. The normalized spacial score (nSPS) is 16.1. The molecule has 1 aromatic heterocycles. The zero-order valence-corrected chi connectivity index (χ0v) is 19.0. The third-order valence-electron chi connectivity index (χ3n) is 5.32. The van der Waals surface area contributed by atoms with Gasteiger partial charge in [0.2, 0.25) is 11.8 Å². The molecule has 1 aliphatic rings. The largest absolute Gasteiger partial charge is 0.333 e. The van der Waals surface area contributed by atoms with Gasteiger partial charge in [-0.2, -0.15) is 0 Å². The van der Waals surface area contributed by atoms with Crippen LogP contribution in [-0.2, 0) is 16.0 Å². The van der Waals surface area contributed by atoms with Crippen LogP contribution in [0.5, 0.6) is 0 Å². The fraction of sp³-hybridized carbons (Fsp3) is 0.500. The molecule has 0 fully saturated rings. The Bertz CT molecular complexity index is 876. The fourth-order valence-electron chi connectivity index (χ4n) is 4.02. The standard InChI is InChI=1S/C24H31FN2O2S/c1-16(2)13-22(28)26(14-17(3)4)15-23(29)27-11-9-21-20(10-12-30-21)24(27)18-5-7-19(25)8-6-18/h5-8,10,12,16-17,24H,9,11,13-15H2,1-4H3/t24-/m0/s1. The molecule has 2 heterocycles. The van der Waals surface area contributed by atoms with Gasteiger partial charge in [0.15, 0.2) is 0 Å². The van der Waals surface area contributed by atoms with Crippen LogP contribution in [0, 0.1) is 17.7 Å². The van der Waals surface area contributed by atoms with Crippen molar-refractivity contribution in [2.45, 2.75) is 46.6 Å². The van der Waals surface area contributed by atoms with Gasteiger partial charge in [0, 0.05) is 24.4 Å². The molecule has 2 amide bonds. The average Bonchev–Trinajstić information content (AvgIpc) is 3.15. The van der Waals surface area contributed by atoms with Gasteiger partial charge in [-0.05, 0) is 53.0 Å². The maximum absolute atomic E-state index is 13.5. The third kappa shape index (κ3) is 5.28. The predicted octanol–water partition coefficient (Wildman–Crippen LogP) is 4.89. The molecule has 3 rings (SSSR count). The molecule has 0 radical (unpaired) electrons. The van der Waals surface area contributed by atoms with Crippen LogP contribution in [0.25, 0.3) is 0 Å².